The van der Waals surface area contributed by atoms with Crippen LogP contribution in [0, 0.1) is 12.7 Å². The van der Waals surface area contributed by atoms with E-state index in [9.17, 15) is 4.39 Å². The van der Waals surface area contributed by atoms with E-state index in [2.05, 4.69) is 0 Å². The Morgan fingerprint density at radius 2 is 1.89 bits per heavy atom. The third-order valence-corrected chi connectivity index (χ3v) is 2.91. The Labute approximate surface area is 108 Å². The highest BCUT2D eigenvalue weighted by molar-refractivity contribution is 6.54. The highest BCUT2D eigenvalue weighted by Gasteiger charge is 2.02. The van der Waals surface area contributed by atoms with Crippen molar-refractivity contribution in [2.45, 2.75) is 13.2 Å². The zero-order valence-corrected chi connectivity index (χ0v) is 10.5. The van der Waals surface area contributed by atoms with Gasteiger partial charge in [0.25, 0.3) is 0 Å². The molecule has 2 aromatic carbocycles. The first kappa shape index (κ1) is 12.7. The van der Waals surface area contributed by atoms with Crippen molar-refractivity contribution in [3.8, 4) is 5.75 Å². The van der Waals surface area contributed by atoms with Crippen LogP contribution in [-0.2, 0) is 0 Å². The molecule has 0 aliphatic carbocycles. The van der Waals surface area contributed by atoms with Crippen LogP contribution in [0.5, 0.6) is 5.75 Å². The Bertz CT molecular complexity index is 499. The van der Waals surface area contributed by atoms with Crippen molar-refractivity contribution < 1.29 is 9.13 Å². The monoisotopic (exact) mass is 242 g/mol. The lowest BCUT2D eigenvalue weighted by atomic mass is 9.66. The maximum absolute atomic E-state index is 13.1. The Kier molecular flexibility index (Phi) is 4.40. The molecule has 0 saturated heterocycles. The van der Waals surface area contributed by atoms with Crippen LogP contribution in [0.4, 0.5) is 4.39 Å². The summed E-state index contributed by atoms with van der Waals surface area (Å²) in [6, 6.07) is 14.7. The largest absolute Gasteiger partial charge is 0.494 e. The molecule has 0 aliphatic rings. The van der Waals surface area contributed by atoms with Crippen LogP contribution in [-0.4, -0.2) is 13.9 Å². The molecule has 92 valence electrons. The van der Waals surface area contributed by atoms with Gasteiger partial charge in [-0.15, -0.1) is 0 Å². The molecule has 18 heavy (non-hydrogen) atoms. The molecule has 0 aromatic heterocycles. The van der Waals surface area contributed by atoms with Crippen molar-refractivity contribution >= 4 is 12.7 Å². The van der Waals surface area contributed by atoms with Gasteiger partial charge in [-0.1, -0.05) is 35.3 Å². The van der Waals surface area contributed by atoms with Crippen molar-refractivity contribution in [1.29, 1.82) is 0 Å². The second kappa shape index (κ2) is 6.24. The zero-order valence-electron chi connectivity index (χ0n) is 10.5. The van der Waals surface area contributed by atoms with Gasteiger partial charge in [0.2, 0.25) is 0 Å². The summed E-state index contributed by atoms with van der Waals surface area (Å²) in [6.07, 6.45) is 0.888. The first-order valence-electron chi connectivity index (χ1n) is 6.18. The van der Waals surface area contributed by atoms with Crippen molar-refractivity contribution in [2.75, 3.05) is 6.61 Å². The van der Waals surface area contributed by atoms with Gasteiger partial charge >= 0.3 is 0 Å². The van der Waals surface area contributed by atoms with Gasteiger partial charge in [-0.3, -0.25) is 0 Å². The zero-order chi connectivity index (χ0) is 12.8. The molecule has 3 heteroatoms. The molecule has 0 atom stereocenters. The molecule has 0 amide bonds. The van der Waals surface area contributed by atoms with Gasteiger partial charge in [0.05, 0.1) is 6.61 Å². The third kappa shape index (κ3) is 3.62. The van der Waals surface area contributed by atoms with Gasteiger partial charge in [0.15, 0.2) is 7.28 Å². The Morgan fingerprint density at radius 1 is 1.11 bits per heavy atom. The number of para-hydroxylation sites is 1. The number of aryl methyl sites for hydroxylation is 1. The summed E-state index contributed by atoms with van der Waals surface area (Å²) in [7, 11) is 0.844. The van der Waals surface area contributed by atoms with Crippen LogP contribution in [0.3, 0.4) is 0 Å². The summed E-state index contributed by atoms with van der Waals surface area (Å²) in [6.45, 7) is 2.66. The summed E-state index contributed by atoms with van der Waals surface area (Å²) in [5, 5.41) is 0. The number of hydrogen-bond acceptors (Lipinski definition) is 1. The minimum atomic E-state index is -0.167. The maximum atomic E-state index is 13.1. The smallest absolute Gasteiger partial charge is 0.161 e. The molecule has 2 rings (SSSR count). The second-order valence-corrected chi connectivity index (χ2v) is 4.34. The van der Waals surface area contributed by atoms with E-state index in [0.717, 1.165) is 30.4 Å². The van der Waals surface area contributed by atoms with Crippen molar-refractivity contribution in [2.24, 2.45) is 0 Å². The Morgan fingerprint density at radius 3 is 2.67 bits per heavy atom. The van der Waals surface area contributed by atoms with Gasteiger partial charge in [-0.05, 0) is 37.5 Å². The molecule has 0 saturated carbocycles. The van der Waals surface area contributed by atoms with Crippen LogP contribution in [0.25, 0.3) is 0 Å². The number of hydrogen-bond donors (Lipinski definition) is 0. The molecule has 0 heterocycles. The molecular weight excluding hydrogens is 226 g/mol. The quantitative estimate of drug-likeness (QED) is 0.578. The van der Waals surface area contributed by atoms with Crippen molar-refractivity contribution in [3.63, 3.8) is 0 Å². The lowest BCUT2D eigenvalue weighted by Gasteiger charge is -2.07. The van der Waals surface area contributed by atoms with Crippen LogP contribution in [0.15, 0.2) is 48.5 Å². The molecule has 0 radical (unpaired) electrons. The van der Waals surface area contributed by atoms with Gasteiger partial charge in [-0.25, -0.2) is 4.39 Å². The third-order valence-electron chi connectivity index (χ3n) is 2.91. The predicted octanol–water partition coefficient (Wildman–Crippen LogP) is 2.69. The Hall–Kier alpha value is -1.77. The standard InChI is InChI=1S/C15H16BFO/c1-12-7-8-13(17)11-15(12)16-9-10-18-14-5-3-2-4-6-14/h2-8,11,16H,9-10H2,1H3. The number of halogens is 1. The summed E-state index contributed by atoms with van der Waals surface area (Å²) in [5.41, 5.74) is 2.20. The highest BCUT2D eigenvalue weighted by Crippen LogP contribution is 2.08. The van der Waals surface area contributed by atoms with E-state index in [0.29, 0.717) is 6.61 Å². The van der Waals surface area contributed by atoms with E-state index in [1.165, 1.54) is 6.07 Å². The van der Waals surface area contributed by atoms with E-state index >= 15 is 0 Å². The second-order valence-electron chi connectivity index (χ2n) is 4.34. The maximum Gasteiger partial charge on any atom is 0.161 e. The molecule has 0 spiro atoms. The average Bonchev–Trinajstić information content (AvgIpc) is 2.40. The molecule has 0 N–H and O–H groups in total. The van der Waals surface area contributed by atoms with Gasteiger partial charge in [0, 0.05) is 0 Å². The van der Waals surface area contributed by atoms with Gasteiger partial charge in [-0.2, -0.15) is 0 Å². The summed E-state index contributed by atoms with van der Waals surface area (Å²) in [4.78, 5) is 0. The first-order valence-corrected chi connectivity index (χ1v) is 6.18. The van der Waals surface area contributed by atoms with Crippen LogP contribution < -0.4 is 10.2 Å². The number of rotatable bonds is 5. The van der Waals surface area contributed by atoms with Crippen LogP contribution in [0.1, 0.15) is 5.56 Å². The molecule has 0 aliphatic heterocycles. The summed E-state index contributed by atoms with van der Waals surface area (Å²) < 4.78 is 18.7. The van der Waals surface area contributed by atoms with E-state index in [4.69, 9.17) is 4.74 Å². The van der Waals surface area contributed by atoms with E-state index in [-0.39, 0.29) is 5.82 Å². The van der Waals surface area contributed by atoms with Gasteiger partial charge in [0.1, 0.15) is 11.6 Å². The lowest BCUT2D eigenvalue weighted by Crippen LogP contribution is -2.19. The van der Waals surface area contributed by atoms with Crippen LogP contribution >= 0.6 is 0 Å². The molecule has 0 bridgehead atoms. The fraction of sp³-hybridized carbons (Fsp3) is 0.200. The fourth-order valence-corrected chi connectivity index (χ4v) is 1.88. The summed E-state index contributed by atoms with van der Waals surface area (Å²) in [5.74, 6) is 0.716. The number of benzene rings is 2. The SMILES string of the molecule is Cc1ccc(F)cc1BCCOc1ccccc1. The van der Waals surface area contributed by atoms with Crippen LogP contribution in [0.2, 0.25) is 6.32 Å². The average molecular weight is 242 g/mol. The van der Waals surface area contributed by atoms with Crippen molar-refractivity contribution in [1.82, 2.24) is 0 Å². The molecular formula is C15H16BFO. The van der Waals surface area contributed by atoms with Gasteiger partial charge < -0.3 is 4.74 Å². The van der Waals surface area contributed by atoms with E-state index in [1.54, 1.807) is 6.07 Å². The molecule has 2 aromatic rings. The van der Waals surface area contributed by atoms with Crippen molar-refractivity contribution in [3.05, 3.63) is 59.9 Å². The minimum Gasteiger partial charge on any atom is -0.494 e. The highest BCUT2D eigenvalue weighted by atomic mass is 19.1. The fourth-order valence-electron chi connectivity index (χ4n) is 1.88. The topological polar surface area (TPSA) is 9.23 Å². The normalized spacial score (nSPS) is 10.1. The molecule has 0 fully saturated rings. The molecule has 0 unspecified atom stereocenters. The number of ether oxygens (including phenoxy) is 1. The molecule has 1 nitrogen and oxygen atoms in total. The minimum absolute atomic E-state index is 0.167. The first-order chi connectivity index (χ1) is 8.75. The van der Waals surface area contributed by atoms with E-state index < -0.39 is 0 Å². The van der Waals surface area contributed by atoms with E-state index in [1.807, 2.05) is 43.3 Å². The lowest BCUT2D eigenvalue weighted by molar-refractivity contribution is 0.340. The Balaban J connectivity index is 1.80. The predicted molar refractivity (Wildman–Crippen MR) is 74.7 cm³/mol. The summed E-state index contributed by atoms with van der Waals surface area (Å²) >= 11 is 0.